The van der Waals surface area contributed by atoms with Gasteiger partial charge in [0.2, 0.25) is 5.91 Å². The molecular formula is C23H25FN4O3. The molecule has 4 rings (SSSR count). The van der Waals surface area contributed by atoms with Gasteiger partial charge in [-0.15, -0.1) is 0 Å². The van der Waals surface area contributed by atoms with Crippen molar-refractivity contribution < 1.29 is 18.5 Å². The third-order valence-electron chi connectivity index (χ3n) is 5.57. The number of halogens is 1. The van der Waals surface area contributed by atoms with E-state index in [0.717, 1.165) is 25.8 Å². The Hall–Kier alpha value is -3.29. The summed E-state index contributed by atoms with van der Waals surface area (Å²) in [6.07, 6.45) is 4.33. The van der Waals surface area contributed by atoms with Crippen LogP contribution < -0.4 is 5.32 Å². The van der Waals surface area contributed by atoms with E-state index < -0.39 is 5.82 Å². The number of nitrogens with zero attached hydrogens (tertiary/aromatic N) is 3. The Balaban J connectivity index is 1.50. The molecule has 0 unspecified atom stereocenters. The quantitative estimate of drug-likeness (QED) is 0.607. The molecule has 1 aromatic carbocycles. The summed E-state index contributed by atoms with van der Waals surface area (Å²) < 4.78 is 19.5. The van der Waals surface area contributed by atoms with Crippen LogP contribution in [0.1, 0.15) is 48.2 Å². The van der Waals surface area contributed by atoms with Gasteiger partial charge in [-0.1, -0.05) is 23.7 Å². The molecule has 0 aliphatic carbocycles. The molecule has 0 atom stereocenters. The van der Waals surface area contributed by atoms with Crippen LogP contribution in [-0.2, 0) is 4.79 Å². The van der Waals surface area contributed by atoms with Crippen molar-refractivity contribution in [2.45, 2.75) is 39.0 Å². The molecule has 1 saturated heterocycles. The van der Waals surface area contributed by atoms with E-state index in [9.17, 15) is 14.0 Å². The SMILES string of the molecule is Cc1noc2nc(-c3ccccc3F)cc(C(=O)NCCCN3CCCCCC3=O)c12. The highest BCUT2D eigenvalue weighted by atomic mass is 19.1. The van der Waals surface area contributed by atoms with Crippen LogP contribution in [0.3, 0.4) is 0 Å². The fourth-order valence-electron chi connectivity index (χ4n) is 3.92. The second-order valence-corrected chi connectivity index (χ2v) is 7.78. The number of pyridine rings is 1. The van der Waals surface area contributed by atoms with Gasteiger partial charge in [0, 0.05) is 31.6 Å². The lowest BCUT2D eigenvalue weighted by atomic mass is 10.0. The number of aromatic nitrogens is 2. The van der Waals surface area contributed by atoms with E-state index in [1.165, 1.54) is 6.07 Å². The normalized spacial score (nSPS) is 14.6. The van der Waals surface area contributed by atoms with Crippen LogP contribution in [0.25, 0.3) is 22.4 Å². The number of carbonyl (C=O) groups excluding carboxylic acids is 2. The van der Waals surface area contributed by atoms with Crippen molar-refractivity contribution in [2.24, 2.45) is 0 Å². The highest BCUT2D eigenvalue weighted by molar-refractivity contribution is 6.07. The molecule has 2 aromatic heterocycles. The van der Waals surface area contributed by atoms with Gasteiger partial charge in [0.1, 0.15) is 5.82 Å². The number of likely N-dealkylation sites (tertiary alicyclic amines) is 1. The Bertz CT molecular complexity index is 1110. The number of aryl methyl sites for hydroxylation is 1. The Labute approximate surface area is 179 Å². The van der Waals surface area contributed by atoms with Crippen LogP contribution in [0, 0.1) is 12.7 Å². The highest BCUT2D eigenvalue weighted by Gasteiger charge is 2.21. The molecule has 0 radical (unpaired) electrons. The van der Waals surface area contributed by atoms with E-state index in [-0.39, 0.29) is 23.1 Å². The van der Waals surface area contributed by atoms with Crippen LogP contribution in [0.4, 0.5) is 4.39 Å². The molecule has 8 heteroatoms. The van der Waals surface area contributed by atoms with E-state index in [4.69, 9.17) is 4.52 Å². The average Bonchev–Trinajstić information content (AvgIpc) is 3.02. The molecule has 0 spiro atoms. The van der Waals surface area contributed by atoms with Gasteiger partial charge in [0.15, 0.2) is 0 Å². The number of carbonyl (C=O) groups is 2. The topological polar surface area (TPSA) is 88.3 Å². The molecule has 1 fully saturated rings. The fourth-order valence-corrected chi connectivity index (χ4v) is 3.92. The van der Waals surface area contributed by atoms with Gasteiger partial charge in [-0.3, -0.25) is 9.59 Å². The van der Waals surface area contributed by atoms with Gasteiger partial charge in [-0.2, -0.15) is 0 Å². The highest BCUT2D eigenvalue weighted by Crippen LogP contribution is 2.28. The van der Waals surface area contributed by atoms with E-state index in [0.29, 0.717) is 48.3 Å². The fraction of sp³-hybridized carbons (Fsp3) is 0.391. The predicted octanol–water partition coefficient (Wildman–Crippen LogP) is 3.86. The van der Waals surface area contributed by atoms with Gasteiger partial charge in [-0.05, 0) is 44.4 Å². The summed E-state index contributed by atoms with van der Waals surface area (Å²) in [4.78, 5) is 31.3. The van der Waals surface area contributed by atoms with Crippen molar-refractivity contribution in [2.75, 3.05) is 19.6 Å². The van der Waals surface area contributed by atoms with Crippen LogP contribution in [-0.4, -0.2) is 46.5 Å². The summed E-state index contributed by atoms with van der Waals surface area (Å²) in [5, 5.41) is 7.33. The largest absolute Gasteiger partial charge is 0.352 e. The lowest BCUT2D eigenvalue weighted by Crippen LogP contribution is -2.34. The average molecular weight is 424 g/mol. The Morgan fingerprint density at radius 2 is 2.10 bits per heavy atom. The monoisotopic (exact) mass is 424 g/mol. The summed E-state index contributed by atoms with van der Waals surface area (Å²) in [5.74, 6) is -0.549. The number of amides is 2. The molecule has 3 heterocycles. The van der Waals surface area contributed by atoms with Crippen molar-refractivity contribution in [1.29, 1.82) is 0 Å². The Kier molecular flexibility index (Phi) is 6.25. The summed E-state index contributed by atoms with van der Waals surface area (Å²) in [7, 11) is 0. The van der Waals surface area contributed by atoms with Crippen molar-refractivity contribution in [3.8, 4) is 11.3 Å². The molecule has 0 saturated carbocycles. The first-order chi connectivity index (χ1) is 15.0. The first-order valence-corrected chi connectivity index (χ1v) is 10.6. The van der Waals surface area contributed by atoms with Gasteiger partial charge in [0.25, 0.3) is 11.6 Å². The minimum absolute atomic E-state index is 0.189. The zero-order valence-corrected chi connectivity index (χ0v) is 17.5. The molecule has 0 bridgehead atoms. The van der Waals surface area contributed by atoms with E-state index >= 15 is 0 Å². The van der Waals surface area contributed by atoms with Crippen LogP contribution >= 0.6 is 0 Å². The van der Waals surface area contributed by atoms with E-state index in [2.05, 4.69) is 15.5 Å². The minimum Gasteiger partial charge on any atom is -0.352 e. The number of fused-ring (bicyclic) bond motifs is 1. The predicted molar refractivity (Wildman–Crippen MR) is 114 cm³/mol. The van der Waals surface area contributed by atoms with Gasteiger partial charge >= 0.3 is 0 Å². The zero-order chi connectivity index (χ0) is 21.8. The van der Waals surface area contributed by atoms with Gasteiger partial charge in [-0.25, -0.2) is 9.37 Å². The summed E-state index contributed by atoms with van der Waals surface area (Å²) >= 11 is 0. The number of nitrogens with one attached hydrogen (secondary N) is 1. The molecule has 31 heavy (non-hydrogen) atoms. The van der Waals surface area contributed by atoms with Crippen LogP contribution in [0.5, 0.6) is 0 Å². The molecule has 1 aliphatic rings. The zero-order valence-electron chi connectivity index (χ0n) is 17.5. The van der Waals surface area contributed by atoms with Crippen LogP contribution in [0.2, 0.25) is 0 Å². The molecule has 1 aliphatic heterocycles. The summed E-state index contributed by atoms with van der Waals surface area (Å²) in [6.45, 7) is 3.56. The summed E-state index contributed by atoms with van der Waals surface area (Å²) in [6, 6.07) is 7.82. The second kappa shape index (κ2) is 9.24. The number of benzene rings is 1. The van der Waals surface area contributed by atoms with Crippen molar-refractivity contribution in [3.05, 3.63) is 47.4 Å². The van der Waals surface area contributed by atoms with Gasteiger partial charge < -0.3 is 14.7 Å². The number of hydrogen-bond acceptors (Lipinski definition) is 5. The lowest BCUT2D eigenvalue weighted by Gasteiger charge is -2.20. The number of rotatable bonds is 6. The van der Waals surface area contributed by atoms with E-state index in [1.54, 1.807) is 31.2 Å². The Morgan fingerprint density at radius 3 is 2.94 bits per heavy atom. The summed E-state index contributed by atoms with van der Waals surface area (Å²) in [5.41, 5.74) is 1.67. The molecule has 3 aromatic rings. The molecular weight excluding hydrogens is 399 g/mol. The maximum atomic E-state index is 14.3. The molecule has 162 valence electrons. The molecule has 2 amide bonds. The maximum Gasteiger partial charge on any atom is 0.259 e. The third-order valence-corrected chi connectivity index (χ3v) is 5.57. The van der Waals surface area contributed by atoms with Crippen molar-refractivity contribution in [3.63, 3.8) is 0 Å². The second-order valence-electron chi connectivity index (χ2n) is 7.78. The molecule has 7 nitrogen and oxygen atoms in total. The third kappa shape index (κ3) is 4.57. The first-order valence-electron chi connectivity index (χ1n) is 10.6. The smallest absolute Gasteiger partial charge is 0.259 e. The standard InChI is InChI=1S/C23H25FN4O3/c1-15-21-17(22(30)25-11-7-13-28-12-6-2-3-10-20(28)29)14-19(26-23(21)31-27-15)16-8-4-5-9-18(16)24/h4-5,8-9,14H,2-3,6-7,10-13H2,1H3,(H,25,30). The van der Waals surface area contributed by atoms with E-state index in [1.807, 2.05) is 4.90 Å². The minimum atomic E-state index is -0.431. The van der Waals surface area contributed by atoms with Gasteiger partial charge in [0.05, 0.1) is 22.3 Å². The Morgan fingerprint density at radius 1 is 1.26 bits per heavy atom. The van der Waals surface area contributed by atoms with Crippen molar-refractivity contribution in [1.82, 2.24) is 20.4 Å². The molecule has 1 N–H and O–H groups in total. The van der Waals surface area contributed by atoms with Crippen LogP contribution in [0.15, 0.2) is 34.9 Å². The van der Waals surface area contributed by atoms with Crippen molar-refractivity contribution >= 4 is 22.9 Å². The number of hydrogen-bond donors (Lipinski definition) is 1. The first kappa shape index (κ1) is 21.0. The maximum absolute atomic E-state index is 14.3. The lowest BCUT2D eigenvalue weighted by molar-refractivity contribution is -0.130.